The molecule has 0 fully saturated rings. The molecule has 0 aliphatic carbocycles. The van der Waals surface area contributed by atoms with E-state index >= 15 is 0 Å². The number of ether oxygens (including phenoxy) is 3. The highest BCUT2D eigenvalue weighted by Crippen LogP contribution is 2.37. The van der Waals surface area contributed by atoms with Gasteiger partial charge in [0.15, 0.2) is 5.78 Å². The summed E-state index contributed by atoms with van der Waals surface area (Å²) in [4.78, 5) is 24.5. The third-order valence-corrected chi connectivity index (χ3v) is 6.69. The fraction of sp³-hybridized carbons (Fsp3) is 0.417. The topological polar surface area (TPSA) is 61.8 Å². The van der Waals surface area contributed by atoms with E-state index in [1.54, 1.807) is 13.0 Å². The number of carbonyl (C=O) groups is 2. The second-order valence-electron chi connectivity index (χ2n) is 7.54. The Bertz CT molecular complexity index is 979. The zero-order valence-corrected chi connectivity index (χ0v) is 21.7. The first-order valence-corrected chi connectivity index (χ1v) is 12.8. The van der Waals surface area contributed by atoms with Crippen molar-refractivity contribution in [3.63, 3.8) is 0 Å². The van der Waals surface area contributed by atoms with Gasteiger partial charge in [-0.15, -0.1) is 0 Å². The fourth-order valence-corrected chi connectivity index (χ4v) is 4.66. The average molecular weight is 589 g/mol. The molecule has 2 aromatic rings. The third kappa shape index (κ3) is 6.49. The van der Waals surface area contributed by atoms with Crippen molar-refractivity contribution in [2.75, 3.05) is 19.8 Å². The largest absolute Gasteiger partial charge is 0.492 e. The Balaban J connectivity index is 1.60. The number of benzene rings is 2. The summed E-state index contributed by atoms with van der Waals surface area (Å²) in [6, 6.07) is 9.41. The number of fused-ring (bicyclic) bond motifs is 1. The van der Waals surface area contributed by atoms with Crippen LogP contribution < -0.4 is 9.47 Å². The number of rotatable bonds is 10. The van der Waals surface area contributed by atoms with Crippen LogP contribution in [0.25, 0.3) is 0 Å². The van der Waals surface area contributed by atoms with Crippen LogP contribution in [0, 0.1) is 5.92 Å². The van der Waals surface area contributed by atoms with Gasteiger partial charge in [-0.2, -0.15) is 0 Å². The summed E-state index contributed by atoms with van der Waals surface area (Å²) in [6.45, 7) is 2.96. The molecule has 1 aliphatic rings. The lowest BCUT2D eigenvalue weighted by Gasteiger charge is -2.25. The molecule has 5 nitrogen and oxygen atoms in total. The van der Waals surface area contributed by atoms with Gasteiger partial charge in [-0.1, -0.05) is 33.6 Å². The van der Waals surface area contributed by atoms with Gasteiger partial charge in [0.05, 0.1) is 40.8 Å². The number of hydrogen-bond acceptors (Lipinski definition) is 5. The number of alkyl halides is 1. The Labute approximate surface area is 210 Å². The monoisotopic (exact) mass is 586 g/mol. The van der Waals surface area contributed by atoms with E-state index in [4.69, 9.17) is 25.8 Å². The van der Waals surface area contributed by atoms with E-state index in [2.05, 4.69) is 31.9 Å². The van der Waals surface area contributed by atoms with Crippen molar-refractivity contribution in [2.45, 2.75) is 37.9 Å². The van der Waals surface area contributed by atoms with Gasteiger partial charge in [0.2, 0.25) is 0 Å². The maximum absolute atomic E-state index is 13.1. The molecule has 0 amide bonds. The molecule has 0 spiro atoms. The van der Waals surface area contributed by atoms with E-state index in [0.717, 1.165) is 22.0 Å². The molecule has 0 saturated heterocycles. The maximum atomic E-state index is 13.1. The van der Waals surface area contributed by atoms with Gasteiger partial charge in [0, 0.05) is 11.8 Å². The summed E-state index contributed by atoms with van der Waals surface area (Å²) >= 11 is 13.2. The summed E-state index contributed by atoms with van der Waals surface area (Å²) < 4.78 is 17.5. The summed E-state index contributed by atoms with van der Waals surface area (Å²) in [5.41, 5.74) is 2.58. The van der Waals surface area contributed by atoms with Crippen LogP contribution in [0.3, 0.4) is 0 Å². The predicted molar refractivity (Wildman–Crippen MR) is 131 cm³/mol. The van der Waals surface area contributed by atoms with Gasteiger partial charge in [0.25, 0.3) is 0 Å². The average Bonchev–Trinajstić information content (AvgIpc) is 2.77. The number of Topliss-reactive ketones (excluding diaryl/α,β-unsaturated/α-hetero) is 1. The molecule has 1 heterocycles. The maximum Gasteiger partial charge on any atom is 0.305 e. The molecule has 172 valence electrons. The fourth-order valence-electron chi connectivity index (χ4n) is 3.54. The predicted octanol–water partition coefficient (Wildman–Crippen LogP) is 6.54. The Morgan fingerprint density at radius 2 is 2.03 bits per heavy atom. The van der Waals surface area contributed by atoms with Crippen molar-refractivity contribution < 1.29 is 23.8 Å². The van der Waals surface area contributed by atoms with E-state index in [0.29, 0.717) is 66.5 Å². The Morgan fingerprint density at radius 3 is 2.78 bits per heavy atom. The first-order valence-electron chi connectivity index (χ1n) is 10.5. The molecule has 0 saturated carbocycles. The minimum absolute atomic E-state index is 0.0751. The molecule has 0 radical (unpaired) electrons. The molecular weight excluding hydrogens is 564 g/mol. The molecule has 0 bridgehead atoms. The molecule has 1 atom stereocenters. The van der Waals surface area contributed by atoms with Gasteiger partial charge < -0.3 is 14.2 Å². The molecule has 8 heteroatoms. The summed E-state index contributed by atoms with van der Waals surface area (Å²) in [6.07, 6.45) is 2.32. The van der Waals surface area contributed by atoms with Crippen LogP contribution in [0.5, 0.6) is 11.5 Å². The molecular formula is C24H25Br2ClO5. The van der Waals surface area contributed by atoms with Crippen LogP contribution in [0.1, 0.15) is 47.7 Å². The molecule has 2 aromatic carbocycles. The molecule has 3 rings (SSSR count). The third-order valence-electron chi connectivity index (χ3n) is 5.14. The van der Waals surface area contributed by atoms with Crippen LogP contribution in [-0.4, -0.2) is 31.6 Å². The molecule has 1 aliphatic heterocycles. The zero-order valence-electron chi connectivity index (χ0n) is 17.8. The summed E-state index contributed by atoms with van der Waals surface area (Å²) in [5.74, 6) is 0.793. The molecule has 32 heavy (non-hydrogen) atoms. The van der Waals surface area contributed by atoms with Crippen molar-refractivity contribution in [3.05, 3.63) is 56.5 Å². The van der Waals surface area contributed by atoms with Crippen LogP contribution in [0.4, 0.5) is 0 Å². The smallest absolute Gasteiger partial charge is 0.305 e. The van der Waals surface area contributed by atoms with Gasteiger partial charge in [-0.3, -0.25) is 9.59 Å². The lowest BCUT2D eigenvalue weighted by atomic mass is 9.89. The minimum atomic E-state index is -0.279. The number of unbranched alkanes of at least 4 members (excludes halogenated alkanes) is 1. The molecule has 0 aromatic heterocycles. The summed E-state index contributed by atoms with van der Waals surface area (Å²) in [5, 5.41) is 1.18. The normalized spacial score (nSPS) is 15.1. The number of carbonyl (C=O) groups excluding carboxylic acids is 2. The van der Waals surface area contributed by atoms with E-state index in [1.807, 2.05) is 24.3 Å². The summed E-state index contributed by atoms with van der Waals surface area (Å²) in [7, 11) is 0. The molecule has 0 N–H and O–H groups in total. The van der Waals surface area contributed by atoms with Crippen LogP contribution in [0.2, 0.25) is 5.02 Å². The Morgan fingerprint density at radius 1 is 1.22 bits per heavy atom. The quantitative estimate of drug-likeness (QED) is 0.179. The second kappa shape index (κ2) is 12.1. The van der Waals surface area contributed by atoms with Crippen molar-refractivity contribution >= 4 is 55.2 Å². The number of hydrogen-bond donors (Lipinski definition) is 0. The zero-order chi connectivity index (χ0) is 23.1. The van der Waals surface area contributed by atoms with Gasteiger partial charge in [-0.05, 0) is 77.5 Å². The Kier molecular flexibility index (Phi) is 9.44. The second-order valence-corrected chi connectivity index (χ2v) is 9.36. The number of ketones is 1. The highest BCUT2D eigenvalue weighted by atomic mass is 79.9. The van der Waals surface area contributed by atoms with Gasteiger partial charge in [0.1, 0.15) is 11.5 Å². The lowest BCUT2D eigenvalue weighted by Crippen LogP contribution is -2.30. The SMILES string of the molecule is CCOC(=O)CCCCOc1cc(CC2COc3c(Br)cc(CBr)cc3C2=O)ccc1Cl. The van der Waals surface area contributed by atoms with Crippen LogP contribution in [-0.2, 0) is 21.3 Å². The van der Waals surface area contributed by atoms with Crippen molar-refractivity contribution in [1.82, 2.24) is 0 Å². The highest BCUT2D eigenvalue weighted by Gasteiger charge is 2.31. The van der Waals surface area contributed by atoms with E-state index in [1.165, 1.54) is 0 Å². The molecule has 1 unspecified atom stereocenters. The standard InChI is InChI=1S/C24H25Br2ClO5/c1-2-30-22(28)5-3-4-8-31-21-12-15(6-7-20(21)27)9-17-14-32-24-18(23(17)29)10-16(13-25)11-19(24)26/h6-7,10-12,17H,2-5,8-9,13-14H2,1H3. The highest BCUT2D eigenvalue weighted by molar-refractivity contribution is 9.10. The number of esters is 1. The van der Waals surface area contributed by atoms with E-state index in [-0.39, 0.29) is 17.7 Å². The van der Waals surface area contributed by atoms with Crippen molar-refractivity contribution in [3.8, 4) is 11.5 Å². The van der Waals surface area contributed by atoms with Crippen LogP contribution >= 0.6 is 43.5 Å². The lowest BCUT2D eigenvalue weighted by molar-refractivity contribution is -0.143. The Hall–Kier alpha value is -1.57. The van der Waals surface area contributed by atoms with Gasteiger partial charge in [-0.25, -0.2) is 0 Å². The van der Waals surface area contributed by atoms with Crippen molar-refractivity contribution in [2.24, 2.45) is 5.92 Å². The van der Waals surface area contributed by atoms with Crippen LogP contribution in [0.15, 0.2) is 34.8 Å². The van der Waals surface area contributed by atoms with Crippen molar-refractivity contribution in [1.29, 1.82) is 0 Å². The minimum Gasteiger partial charge on any atom is -0.492 e. The first kappa shape index (κ1) is 25.1. The van der Waals surface area contributed by atoms with E-state index < -0.39 is 0 Å². The first-order chi connectivity index (χ1) is 15.4. The number of halogens is 3. The van der Waals surface area contributed by atoms with Gasteiger partial charge >= 0.3 is 5.97 Å². The van der Waals surface area contributed by atoms with E-state index in [9.17, 15) is 9.59 Å².